The molecule has 1 aliphatic carbocycles. The molecule has 2 aromatic rings. The van der Waals surface area contributed by atoms with E-state index >= 15 is 0 Å². The monoisotopic (exact) mass is 508 g/mol. The molecule has 1 fully saturated rings. The van der Waals surface area contributed by atoms with Crippen LogP contribution in [-0.4, -0.2) is 44.7 Å². The third kappa shape index (κ3) is 8.36. The molecule has 2 aliphatic rings. The number of nitrogen functional groups attached to an aromatic ring is 1. The van der Waals surface area contributed by atoms with Gasteiger partial charge in [-0.15, -0.1) is 0 Å². The molecular weight excluding hydrogens is 468 g/mol. The van der Waals surface area contributed by atoms with Crippen LogP contribution in [0.5, 0.6) is 11.5 Å². The minimum absolute atomic E-state index is 0.0675. The van der Waals surface area contributed by atoms with Crippen LogP contribution in [0.3, 0.4) is 0 Å². The van der Waals surface area contributed by atoms with Crippen molar-refractivity contribution >= 4 is 5.82 Å². The van der Waals surface area contributed by atoms with Gasteiger partial charge in [-0.2, -0.15) is 0 Å². The number of phenols is 1. The summed E-state index contributed by atoms with van der Waals surface area (Å²) >= 11 is 0. The number of benzene rings is 1. The fourth-order valence-corrected chi connectivity index (χ4v) is 5.10. The lowest BCUT2D eigenvalue weighted by atomic mass is 9.95. The van der Waals surface area contributed by atoms with Crippen molar-refractivity contribution in [1.29, 1.82) is 0 Å². The van der Waals surface area contributed by atoms with Crippen molar-refractivity contribution in [3.63, 3.8) is 0 Å². The molecule has 0 bridgehead atoms. The van der Waals surface area contributed by atoms with Crippen molar-refractivity contribution in [3.05, 3.63) is 47.2 Å². The summed E-state index contributed by atoms with van der Waals surface area (Å²) in [7, 11) is 0. The van der Waals surface area contributed by atoms with Crippen LogP contribution in [0.2, 0.25) is 0 Å². The highest BCUT2D eigenvalue weighted by Crippen LogP contribution is 2.32. The maximum absolute atomic E-state index is 10.9. The van der Waals surface area contributed by atoms with Crippen molar-refractivity contribution in [2.24, 2.45) is 5.92 Å². The minimum Gasteiger partial charge on any atom is -0.504 e. The highest BCUT2D eigenvalue weighted by atomic mass is 16.5. The Morgan fingerprint density at radius 3 is 2.86 bits per heavy atom. The van der Waals surface area contributed by atoms with Gasteiger partial charge in [-0.3, -0.25) is 0 Å². The van der Waals surface area contributed by atoms with Crippen molar-refractivity contribution < 1.29 is 24.8 Å². The molecule has 1 saturated carbocycles. The van der Waals surface area contributed by atoms with Crippen molar-refractivity contribution in [3.8, 4) is 23.3 Å². The van der Waals surface area contributed by atoms with E-state index < -0.39 is 6.10 Å². The fraction of sp³-hybridized carbons (Fsp3) is 0.567. The van der Waals surface area contributed by atoms with Crippen LogP contribution in [0.1, 0.15) is 81.4 Å². The summed E-state index contributed by atoms with van der Waals surface area (Å²) in [4.78, 5) is 4.20. The van der Waals surface area contributed by atoms with Gasteiger partial charge in [-0.05, 0) is 81.5 Å². The second-order valence-corrected chi connectivity index (χ2v) is 10.6. The highest BCUT2D eigenvalue weighted by molar-refractivity contribution is 5.47. The van der Waals surface area contributed by atoms with Crippen LogP contribution in [0.25, 0.3) is 0 Å². The molecule has 200 valence electrons. The molecule has 0 amide bonds. The summed E-state index contributed by atoms with van der Waals surface area (Å²) < 4.78 is 12.3. The van der Waals surface area contributed by atoms with E-state index in [0.29, 0.717) is 43.9 Å². The molecule has 0 spiro atoms. The smallest absolute Gasteiger partial charge is 0.161 e. The van der Waals surface area contributed by atoms with Crippen molar-refractivity contribution in [2.45, 2.75) is 102 Å². The Balaban J connectivity index is 1.33. The van der Waals surface area contributed by atoms with Crippen LogP contribution < -0.4 is 10.5 Å². The van der Waals surface area contributed by atoms with Gasteiger partial charge in [0.25, 0.3) is 0 Å². The molecule has 5 N–H and O–H groups in total. The molecule has 7 nitrogen and oxygen atoms in total. The standard InChI is InChI=1S/C30H40N2O5/c1-20-4-2-6-26(36-19-23-18-32-30(31)15-22(23)11-8-20)16-25(34)12-9-21-10-13-28(35)29(14-21)37-27-7-3-5-24(33)17-27/h10,13-15,18,20,24-27,33-35H,2-7,9,12,16-17,19H2,1H3,(H2,31,32)/t20-,24-,25-,26+,27+/m1/s1. The number of anilines is 1. The van der Waals surface area contributed by atoms with Crippen molar-refractivity contribution in [2.75, 3.05) is 5.73 Å². The molecule has 7 heteroatoms. The molecule has 1 aliphatic heterocycles. The van der Waals surface area contributed by atoms with Gasteiger partial charge in [0.05, 0.1) is 24.9 Å². The normalized spacial score (nSPS) is 25.2. The van der Waals surface area contributed by atoms with E-state index in [0.717, 1.165) is 55.2 Å². The minimum atomic E-state index is -0.514. The Hall–Kier alpha value is -2.79. The summed E-state index contributed by atoms with van der Waals surface area (Å²) in [5.74, 6) is 7.82. The molecule has 37 heavy (non-hydrogen) atoms. The lowest BCUT2D eigenvalue weighted by Crippen LogP contribution is -2.28. The van der Waals surface area contributed by atoms with Crippen LogP contribution in [0.15, 0.2) is 30.5 Å². The second-order valence-electron chi connectivity index (χ2n) is 10.6. The molecule has 1 aromatic carbocycles. The SMILES string of the molecule is C[C@H]1C#Cc2cc(N)ncc2CO[C@H](C[C@H](O)CCc2ccc(O)c(O[C@H]3CCC[C@@H](O)C3)c2)CCC1. The molecule has 5 atom stereocenters. The number of phenolic OH excluding ortho intramolecular Hbond substituents is 1. The van der Waals surface area contributed by atoms with Crippen LogP contribution >= 0.6 is 0 Å². The quantitative estimate of drug-likeness (QED) is 0.407. The molecule has 0 saturated heterocycles. The van der Waals surface area contributed by atoms with Crippen LogP contribution in [0, 0.1) is 17.8 Å². The van der Waals surface area contributed by atoms with Gasteiger partial charge in [0.15, 0.2) is 11.5 Å². The Morgan fingerprint density at radius 2 is 2.03 bits per heavy atom. The number of hydrogen-bond acceptors (Lipinski definition) is 7. The number of rotatable bonds is 7. The first-order valence-electron chi connectivity index (χ1n) is 13.6. The summed E-state index contributed by atoms with van der Waals surface area (Å²) in [5, 5.41) is 31.0. The van der Waals surface area contributed by atoms with E-state index in [9.17, 15) is 15.3 Å². The average Bonchev–Trinajstić information content (AvgIpc) is 2.89. The van der Waals surface area contributed by atoms with Gasteiger partial charge < -0.3 is 30.5 Å². The van der Waals surface area contributed by atoms with Gasteiger partial charge in [0.2, 0.25) is 0 Å². The predicted molar refractivity (Wildman–Crippen MR) is 143 cm³/mol. The number of pyridine rings is 1. The first-order chi connectivity index (χ1) is 17.9. The maximum Gasteiger partial charge on any atom is 0.161 e. The van der Waals surface area contributed by atoms with Gasteiger partial charge in [-0.25, -0.2) is 4.98 Å². The molecule has 0 radical (unpaired) electrons. The number of ether oxygens (including phenoxy) is 2. The third-order valence-corrected chi connectivity index (χ3v) is 7.32. The number of aryl methyl sites for hydroxylation is 1. The van der Waals surface area contributed by atoms with E-state index in [1.807, 2.05) is 12.1 Å². The lowest BCUT2D eigenvalue weighted by molar-refractivity contribution is -0.00375. The zero-order chi connectivity index (χ0) is 26.2. The van der Waals surface area contributed by atoms with Crippen LogP contribution in [-0.2, 0) is 17.8 Å². The first-order valence-corrected chi connectivity index (χ1v) is 13.6. The Bertz CT molecular complexity index is 1100. The zero-order valence-corrected chi connectivity index (χ0v) is 21.7. The van der Waals surface area contributed by atoms with E-state index in [4.69, 9.17) is 15.2 Å². The lowest BCUT2D eigenvalue weighted by Gasteiger charge is -2.27. The molecular formula is C30H40N2O5. The highest BCUT2D eigenvalue weighted by Gasteiger charge is 2.23. The molecule has 4 rings (SSSR count). The van der Waals surface area contributed by atoms with Gasteiger partial charge in [-0.1, -0.05) is 24.8 Å². The second kappa shape index (κ2) is 13.1. The third-order valence-electron chi connectivity index (χ3n) is 7.32. The Morgan fingerprint density at radius 1 is 1.19 bits per heavy atom. The van der Waals surface area contributed by atoms with Crippen LogP contribution in [0.4, 0.5) is 5.82 Å². The topological polar surface area (TPSA) is 118 Å². The number of nitrogens with zero attached hydrogens (tertiary/aromatic N) is 1. The number of hydrogen-bond donors (Lipinski definition) is 4. The van der Waals surface area contributed by atoms with E-state index in [1.54, 1.807) is 18.3 Å². The number of aromatic hydroxyl groups is 1. The summed E-state index contributed by atoms with van der Waals surface area (Å²) in [5.41, 5.74) is 8.63. The summed E-state index contributed by atoms with van der Waals surface area (Å²) in [6.45, 7) is 2.52. The first kappa shape index (κ1) is 27.3. The van der Waals surface area contributed by atoms with Gasteiger partial charge in [0, 0.05) is 29.7 Å². The van der Waals surface area contributed by atoms with E-state index in [-0.39, 0.29) is 30.0 Å². The fourth-order valence-electron chi connectivity index (χ4n) is 5.10. The molecule has 1 aromatic heterocycles. The number of nitrogens with two attached hydrogens (primary N) is 1. The number of aromatic nitrogens is 1. The molecule has 2 heterocycles. The Labute approximate surface area is 220 Å². The predicted octanol–water partition coefficient (Wildman–Crippen LogP) is 4.49. The maximum atomic E-state index is 10.9. The van der Waals surface area contributed by atoms with Crippen molar-refractivity contribution in [1.82, 2.24) is 4.98 Å². The zero-order valence-electron chi connectivity index (χ0n) is 21.7. The summed E-state index contributed by atoms with van der Waals surface area (Å²) in [6, 6.07) is 7.16. The number of aliphatic hydroxyl groups excluding tert-OH is 2. The Kier molecular flexibility index (Phi) is 9.68. The average molecular weight is 509 g/mol. The largest absolute Gasteiger partial charge is 0.504 e. The number of fused-ring (bicyclic) bond motifs is 1. The van der Waals surface area contributed by atoms with E-state index in [1.165, 1.54) is 0 Å². The molecule has 0 unspecified atom stereocenters. The number of aliphatic hydroxyl groups is 2. The van der Waals surface area contributed by atoms with E-state index in [2.05, 4.69) is 23.7 Å². The summed E-state index contributed by atoms with van der Waals surface area (Å²) in [6.07, 6.45) is 8.53. The van der Waals surface area contributed by atoms with Gasteiger partial charge >= 0.3 is 0 Å². The van der Waals surface area contributed by atoms with Gasteiger partial charge in [0.1, 0.15) is 11.9 Å².